The molecule has 0 aliphatic carbocycles. The Labute approximate surface area is 169 Å². The molecule has 0 N–H and O–H groups in total. The van der Waals surface area contributed by atoms with Crippen LogP contribution in [0.15, 0.2) is 86.9 Å². The van der Waals surface area contributed by atoms with Crippen molar-refractivity contribution in [1.82, 2.24) is 0 Å². The van der Waals surface area contributed by atoms with Gasteiger partial charge in [0.25, 0.3) is 0 Å². The van der Waals surface area contributed by atoms with Crippen LogP contribution in [0.1, 0.15) is 16.7 Å². The minimum absolute atomic E-state index is 0.459. The molecule has 0 aromatic heterocycles. The molecule has 3 rings (SSSR count). The summed E-state index contributed by atoms with van der Waals surface area (Å²) in [6.45, 7) is 0.960. The zero-order valence-corrected chi connectivity index (χ0v) is 17.1. The van der Waals surface area contributed by atoms with Gasteiger partial charge >= 0.3 is 0 Å². The van der Waals surface area contributed by atoms with Crippen molar-refractivity contribution in [3.63, 3.8) is 0 Å². The van der Waals surface area contributed by atoms with Crippen LogP contribution in [-0.4, -0.2) is 6.21 Å². The van der Waals surface area contributed by atoms with Crippen molar-refractivity contribution < 1.29 is 9.57 Å². The lowest BCUT2D eigenvalue weighted by Crippen LogP contribution is -1.96. The summed E-state index contributed by atoms with van der Waals surface area (Å²) in [5.41, 5.74) is 3.14. The summed E-state index contributed by atoms with van der Waals surface area (Å²) in [6, 6.07) is 23.7. The molecule has 3 nitrogen and oxygen atoms in total. The summed E-state index contributed by atoms with van der Waals surface area (Å²) in [4.78, 5) is 5.31. The molecule has 0 aliphatic rings. The topological polar surface area (TPSA) is 30.8 Å². The van der Waals surface area contributed by atoms with Crippen LogP contribution in [0.2, 0.25) is 0 Å². The van der Waals surface area contributed by atoms with Gasteiger partial charge in [-0.2, -0.15) is 0 Å². The number of oxime groups is 1. The maximum atomic E-state index is 5.83. The van der Waals surface area contributed by atoms with Crippen molar-refractivity contribution in [2.75, 3.05) is 0 Å². The van der Waals surface area contributed by atoms with Crippen LogP contribution in [0.5, 0.6) is 5.75 Å². The molecule has 0 unspecified atom stereocenters. The highest BCUT2D eigenvalue weighted by atomic mass is 79.9. The van der Waals surface area contributed by atoms with Gasteiger partial charge in [-0.3, -0.25) is 0 Å². The third-order valence-corrected chi connectivity index (χ3v) is 4.87. The van der Waals surface area contributed by atoms with E-state index in [1.807, 2.05) is 72.8 Å². The first-order chi connectivity index (χ1) is 12.7. The van der Waals surface area contributed by atoms with E-state index < -0.39 is 0 Å². The lowest BCUT2D eigenvalue weighted by Gasteiger charge is -2.08. The van der Waals surface area contributed by atoms with Gasteiger partial charge in [-0.25, -0.2) is 0 Å². The van der Waals surface area contributed by atoms with E-state index in [4.69, 9.17) is 9.57 Å². The zero-order valence-electron chi connectivity index (χ0n) is 13.9. The number of hydrogen-bond donors (Lipinski definition) is 0. The van der Waals surface area contributed by atoms with Crippen LogP contribution in [0, 0.1) is 0 Å². The molecule has 0 atom stereocenters. The van der Waals surface area contributed by atoms with Crippen molar-refractivity contribution >= 4 is 38.1 Å². The van der Waals surface area contributed by atoms with E-state index in [2.05, 4.69) is 37.0 Å². The Balaban J connectivity index is 1.49. The molecule has 5 heteroatoms. The predicted octanol–water partition coefficient (Wildman–Crippen LogP) is 6.34. The van der Waals surface area contributed by atoms with E-state index in [-0.39, 0.29) is 0 Å². The highest BCUT2D eigenvalue weighted by Crippen LogP contribution is 2.23. The van der Waals surface area contributed by atoms with Gasteiger partial charge in [-0.15, -0.1) is 0 Å². The zero-order chi connectivity index (χ0) is 18.2. The van der Waals surface area contributed by atoms with E-state index in [0.29, 0.717) is 13.2 Å². The Morgan fingerprint density at radius 1 is 0.846 bits per heavy atom. The number of benzene rings is 3. The molecule has 0 aliphatic heterocycles. The molecule has 132 valence electrons. The molecule has 3 aromatic rings. The third kappa shape index (κ3) is 5.71. The Bertz CT molecular complexity index is 865. The standard InChI is InChI=1S/C21H17Br2NO2/c22-19-9-8-18(21(23)12-19)15-25-20-10-6-16(7-11-20)13-24-26-14-17-4-2-1-3-5-17/h1-13H,14-15H2/b24-13+. The van der Waals surface area contributed by atoms with Gasteiger partial charge in [0, 0.05) is 14.5 Å². The molecule has 0 spiro atoms. The first-order valence-corrected chi connectivity index (χ1v) is 9.65. The quantitative estimate of drug-likeness (QED) is 0.295. The lowest BCUT2D eigenvalue weighted by atomic mass is 10.2. The van der Waals surface area contributed by atoms with E-state index in [0.717, 1.165) is 31.4 Å². The van der Waals surface area contributed by atoms with Gasteiger partial charge in [0.1, 0.15) is 19.0 Å². The SMILES string of the molecule is Brc1ccc(COc2ccc(/C=N/OCc3ccccc3)cc2)c(Br)c1. The van der Waals surface area contributed by atoms with Crippen molar-refractivity contribution in [3.8, 4) is 5.75 Å². The number of hydrogen-bond acceptors (Lipinski definition) is 3. The monoisotopic (exact) mass is 473 g/mol. The molecule has 0 saturated carbocycles. The molecule has 0 heterocycles. The van der Waals surface area contributed by atoms with Gasteiger partial charge in [0.2, 0.25) is 0 Å². The molecular formula is C21H17Br2NO2. The second-order valence-corrected chi connectivity index (χ2v) is 7.36. The molecule has 26 heavy (non-hydrogen) atoms. The van der Waals surface area contributed by atoms with Gasteiger partial charge in [-0.05, 0) is 47.5 Å². The van der Waals surface area contributed by atoms with Crippen LogP contribution >= 0.6 is 31.9 Å². The summed E-state index contributed by atoms with van der Waals surface area (Å²) < 4.78 is 7.88. The second-order valence-electron chi connectivity index (χ2n) is 5.59. The molecule has 0 saturated heterocycles. The summed E-state index contributed by atoms with van der Waals surface area (Å²) >= 11 is 6.99. The molecule has 0 bridgehead atoms. The first-order valence-electron chi connectivity index (χ1n) is 8.07. The minimum atomic E-state index is 0.459. The van der Waals surface area contributed by atoms with Crippen molar-refractivity contribution in [3.05, 3.63) is 98.4 Å². The Morgan fingerprint density at radius 2 is 1.62 bits per heavy atom. The summed E-state index contributed by atoms with van der Waals surface area (Å²) in [6.07, 6.45) is 1.69. The maximum Gasteiger partial charge on any atom is 0.142 e. The smallest absolute Gasteiger partial charge is 0.142 e. The van der Waals surface area contributed by atoms with Crippen molar-refractivity contribution in [1.29, 1.82) is 0 Å². The number of rotatable bonds is 7. The first kappa shape index (κ1) is 18.7. The summed E-state index contributed by atoms with van der Waals surface area (Å²) in [5, 5.41) is 4.00. The molecular weight excluding hydrogens is 458 g/mol. The largest absolute Gasteiger partial charge is 0.489 e. The van der Waals surface area contributed by atoms with Gasteiger partial charge < -0.3 is 9.57 Å². The maximum absolute atomic E-state index is 5.83. The summed E-state index contributed by atoms with van der Waals surface area (Å²) in [7, 11) is 0. The third-order valence-electron chi connectivity index (χ3n) is 3.64. The van der Waals surface area contributed by atoms with Crippen LogP contribution in [0.25, 0.3) is 0 Å². The summed E-state index contributed by atoms with van der Waals surface area (Å²) in [5.74, 6) is 0.808. The van der Waals surface area contributed by atoms with Crippen LogP contribution in [0.3, 0.4) is 0 Å². The fraction of sp³-hybridized carbons (Fsp3) is 0.0952. The fourth-order valence-electron chi connectivity index (χ4n) is 2.23. The highest BCUT2D eigenvalue weighted by molar-refractivity contribution is 9.11. The molecule has 0 amide bonds. The minimum Gasteiger partial charge on any atom is -0.489 e. The fourth-order valence-corrected chi connectivity index (χ4v) is 3.40. The Hall–Kier alpha value is -2.11. The van der Waals surface area contributed by atoms with Crippen molar-refractivity contribution in [2.45, 2.75) is 13.2 Å². The van der Waals surface area contributed by atoms with Gasteiger partial charge in [0.05, 0.1) is 6.21 Å². The average molecular weight is 475 g/mol. The normalized spacial score (nSPS) is 10.8. The highest BCUT2D eigenvalue weighted by Gasteiger charge is 2.02. The van der Waals surface area contributed by atoms with Gasteiger partial charge in [-0.1, -0.05) is 73.4 Å². The molecule has 0 fully saturated rings. The number of ether oxygens (including phenoxy) is 1. The second kappa shape index (κ2) is 9.55. The van der Waals surface area contributed by atoms with E-state index >= 15 is 0 Å². The predicted molar refractivity (Wildman–Crippen MR) is 111 cm³/mol. The Kier molecular flexibility index (Phi) is 6.86. The van der Waals surface area contributed by atoms with E-state index in [1.165, 1.54) is 0 Å². The average Bonchev–Trinajstić information content (AvgIpc) is 2.66. The van der Waals surface area contributed by atoms with Crippen LogP contribution in [0.4, 0.5) is 0 Å². The number of nitrogens with zero attached hydrogens (tertiary/aromatic N) is 1. The molecule has 0 radical (unpaired) electrons. The van der Waals surface area contributed by atoms with Gasteiger partial charge in [0.15, 0.2) is 0 Å². The lowest BCUT2D eigenvalue weighted by molar-refractivity contribution is 0.132. The molecule has 3 aromatic carbocycles. The van der Waals surface area contributed by atoms with E-state index in [1.54, 1.807) is 6.21 Å². The van der Waals surface area contributed by atoms with Crippen molar-refractivity contribution in [2.24, 2.45) is 5.16 Å². The van der Waals surface area contributed by atoms with Crippen LogP contribution in [-0.2, 0) is 18.1 Å². The van der Waals surface area contributed by atoms with Crippen LogP contribution < -0.4 is 4.74 Å². The Morgan fingerprint density at radius 3 is 2.35 bits per heavy atom. The van der Waals surface area contributed by atoms with E-state index in [9.17, 15) is 0 Å². The number of halogens is 2.